The molecular weight excluding hydrogens is 461 g/mol. The average Bonchev–Trinajstić information content (AvgIpc) is 3.54. The molecule has 0 fully saturated rings. The number of fused-ring (bicyclic) bond motifs is 1. The number of hydrogen-bond acceptors (Lipinski definition) is 8. The van der Waals surface area contributed by atoms with Crippen LogP contribution in [-0.4, -0.2) is 9.97 Å². The zero-order valence-electron chi connectivity index (χ0n) is 14.1. The second kappa shape index (κ2) is 6.98. The van der Waals surface area contributed by atoms with Gasteiger partial charge in [-0.3, -0.25) is 0 Å². The van der Waals surface area contributed by atoms with Gasteiger partial charge < -0.3 is 0 Å². The number of thiazole rings is 2. The number of nitrogens with zero attached hydrogens (tertiary/aromatic N) is 2. The second-order valence-corrected chi connectivity index (χ2v) is 11.9. The van der Waals surface area contributed by atoms with E-state index in [1.165, 1.54) is 29.3 Å². The van der Waals surface area contributed by atoms with Crippen molar-refractivity contribution in [1.82, 2.24) is 9.97 Å². The standard InChI is InChI=1S/C20H10N2S6/c1-3-11(23-9-1)13-5-7-15(25-13)17-21-19-20(27-17)22-18(28-19)16-8-6-14(26-16)12-4-2-10-24-12/h1-10H. The Hall–Kier alpha value is -1.68. The lowest BCUT2D eigenvalue weighted by Gasteiger charge is -1.90. The van der Waals surface area contributed by atoms with Gasteiger partial charge in [-0.1, -0.05) is 34.8 Å². The quantitative estimate of drug-likeness (QED) is 0.257. The molecule has 6 aromatic rings. The highest BCUT2D eigenvalue weighted by atomic mass is 32.1. The minimum atomic E-state index is 1.03. The van der Waals surface area contributed by atoms with Gasteiger partial charge in [0.05, 0.1) is 9.75 Å². The van der Waals surface area contributed by atoms with Gasteiger partial charge >= 0.3 is 0 Å². The smallest absolute Gasteiger partial charge is 0.155 e. The van der Waals surface area contributed by atoms with Crippen LogP contribution in [-0.2, 0) is 0 Å². The number of thiophene rings is 4. The van der Waals surface area contributed by atoms with E-state index in [0.29, 0.717) is 0 Å². The molecular formula is C20H10N2S6. The Labute approximate surface area is 185 Å². The highest BCUT2D eigenvalue weighted by molar-refractivity contribution is 7.33. The Balaban J connectivity index is 1.32. The summed E-state index contributed by atoms with van der Waals surface area (Å²) in [5.41, 5.74) is 0. The van der Waals surface area contributed by atoms with Crippen molar-refractivity contribution in [2.45, 2.75) is 0 Å². The highest BCUT2D eigenvalue weighted by Gasteiger charge is 2.16. The van der Waals surface area contributed by atoms with Crippen LogP contribution < -0.4 is 0 Å². The van der Waals surface area contributed by atoms with Crippen molar-refractivity contribution in [3.63, 3.8) is 0 Å². The maximum absolute atomic E-state index is 4.88. The van der Waals surface area contributed by atoms with Gasteiger partial charge in [0.15, 0.2) is 9.66 Å². The number of rotatable bonds is 4. The van der Waals surface area contributed by atoms with E-state index < -0.39 is 0 Å². The van der Waals surface area contributed by atoms with Gasteiger partial charge in [0.2, 0.25) is 0 Å². The Kier molecular flexibility index (Phi) is 4.29. The average molecular weight is 471 g/mol. The molecule has 0 amide bonds. The van der Waals surface area contributed by atoms with Crippen LogP contribution in [0.4, 0.5) is 0 Å². The summed E-state index contributed by atoms with van der Waals surface area (Å²) in [6.07, 6.45) is 0. The van der Waals surface area contributed by atoms with E-state index in [1.807, 2.05) is 0 Å². The first kappa shape index (κ1) is 17.2. The fourth-order valence-corrected chi connectivity index (χ4v) is 8.69. The van der Waals surface area contributed by atoms with Gasteiger partial charge in [-0.05, 0) is 47.2 Å². The molecule has 0 aromatic carbocycles. The zero-order valence-corrected chi connectivity index (χ0v) is 19.0. The summed E-state index contributed by atoms with van der Waals surface area (Å²) in [6, 6.07) is 17.3. The normalized spacial score (nSPS) is 11.6. The highest BCUT2D eigenvalue weighted by Crippen LogP contribution is 2.43. The molecule has 6 rings (SSSR count). The lowest BCUT2D eigenvalue weighted by molar-refractivity contribution is 1.51. The topological polar surface area (TPSA) is 25.8 Å². The predicted molar refractivity (Wildman–Crippen MR) is 129 cm³/mol. The first-order chi connectivity index (χ1) is 13.8. The molecule has 0 N–H and O–H groups in total. The van der Waals surface area contributed by atoms with E-state index in [9.17, 15) is 0 Å². The summed E-state index contributed by atoms with van der Waals surface area (Å²) in [4.78, 5) is 19.5. The van der Waals surface area contributed by atoms with E-state index in [1.54, 1.807) is 68.0 Å². The van der Waals surface area contributed by atoms with Gasteiger partial charge in [-0.15, -0.1) is 45.3 Å². The van der Waals surface area contributed by atoms with Gasteiger partial charge in [0.1, 0.15) is 10.0 Å². The molecule has 8 heteroatoms. The molecule has 0 radical (unpaired) electrons. The second-order valence-electron chi connectivity index (χ2n) is 5.93. The SMILES string of the molecule is c1csc(-c2ccc(-c3nc4sc(-c5ccc(-c6cccs6)s5)nc4s3)s2)c1. The van der Waals surface area contributed by atoms with Crippen LogP contribution >= 0.6 is 68.0 Å². The largest absolute Gasteiger partial charge is 0.222 e. The molecule has 6 heterocycles. The predicted octanol–water partition coefficient (Wildman–Crippen LogP) is 8.67. The third-order valence-electron chi connectivity index (χ3n) is 4.14. The molecule has 0 unspecified atom stereocenters. The lowest BCUT2D eigenvalue weighted by atomic mass is 10.4. The monoisotopic (exact) mass is 470 g/mol. The van der Waals surface area contributed by atoms with E-state index in [-0.39, 0.29) is 0 Å². The van der Waals surface area contributed by atoms with Crippen LogP contribution in [0.15, 0.2) is 59.3 Å². The Morgan fingerprint density at radius 1 is 0.464 bits per heavy atom. The molecule has 0 aliphatic carbocycles. The van der Waals surface area contributed by atoms with E-state index in [4.69, 9.17) is 9.97 Å². The van der Waals surface area contributed by atoms with Crippen LogP contribution in [0.25, 0.3) is 48.9 Å². The molecule has 0 aliphatic heterocycles. The Morgan fingerprint density at radius 3 is 1.36 bits per heavy atom. The Morgan fingerprint density at radius 2 is 0.929 bits per heavy atom. The van der Waals surface area contributed by atoms with Crippen molar-refractivity contribution in [1.29, 1.82) is 0 Å². The molecule has 0 spiro atoms. The molecule has 2 nitrogen and oxygen atoms in total. The van der Waals surface area contributed by atoms with Crippen LogP contribution in [0.5, 0.6) is 0 Å². The molecule has 0 aliphatic rings. The van der Waals surface area contributed by atoms with Crippen molar-refractivity contribution in [3.05, 3.63) is 59.3 Å². The zero-order chi connectivity index (χ0) is 18.5. The summed E-state index contributed by atoms with van der Waals surface area (Å²) < 4.78 is 0. The van der Waals surface area contributed by atoms with Crippen LogP contribution in [0.1, 0.15) is 0 Å². The molecule has 0 saturated heterocycles. The summed E-state index contributed by atoms with van der Waals surface area (Å²) in [5.74, 6) is 0. The Bertz CT molecular complexity index is 1230. The van der Waals surface area contributed by atoms with E-state index in [2.05, 4.69) is 59.3 Å². The molecule has 28 heavy (non-hydrogen) atoms. The molecule has 136 valence electrons. The first-order valence-corrected chi connectivity index (χ1v) is 13.4. The van der Waals surface area contributed by atoms with Gasteiger partial charge in [0, 0.05) is 19.5 Å². The van der Waals surface area contributed by atoms with Crippen molar-refractivity contribution >= 4 is 77.7 Å². The van der Waals surface area contributed by atoms with Crippen LogP contribution in [0.2, 0.25) is 0 Å². The van der Waals surface area contributed by atoms with Crippen molar-refractivity contribution < 1.29 is 0 Å². The molecule has 6 aromatic heterocycles. The fraction of sp³-hybridized carbons (Fsp3) is 0. The minimum Gasteiger partial charge on any atom is -0.222 e. The molecule has 0 bridgehead atoms. The fourth-order valence-electron chi connectivity index (χ4n) is 2.86. The van der Waals surface area contributed by atoms with Crippen LogP contribution in [0, 0.1) is 0 Å². The molecule has 0 saturated carbocycles. The summed E-state index contributed by atoms with van der Waals surface area (Å²) in [5, 5.41) is 6.37. The van der Waals surface area contributed by atoms with Crippen molar-refractivity contribution in [3.8, 4) is 39.3 Å². The summed E-state index contributed by atoms with van der Waals surface area (Å²) in [7, 11) is 0. The van der Waals surface area contributed by atoms with Gasteiger partial charge in [-0.25, -0.2) is 9.97 Å². The van der Waals surface area contributed by atoms with Crippen LogP contribution in [0.3, 0.4) is 0 Å². The van der Waals surface area contributed by atoms with Gasteiger partial charge in [0.25, 0.3) is 0 Å². The van der Waals surface area contributed by atoms with E-state index >= 15 is 0 Å². The number of hydrogen-bond donors (Lipinski definition) is 0. The van der Waals surface area contributed by atoms with E-state index in [0.717, 1.165) is 19.7 Å². The first-order valence-electron chi connectivity index (χ1n) is 8.39. The van der Waals surface area contributed by atoms with Gasteiger partial charge in [-0.2, -0.15) is 0 Å². The summed E-state index contributed by atoms with van der Waals surface area (Å²) >= 11 is 10.5. The molecule has 0 atom stereocenters. The summed E-state index contributed by atoms with van der Waals surface area (Å²) in [6.45, 7) is 0. The third-order valence-corrected chi connectivity index (χ3v) is 10.8. The maximum Gasteiger partial charge on any atom is 0.155 e. The van der Waals surface area contributed by atoms with Crippen molar-refractivity contribution in [2.75, 3.05) is 0 Å². The minimum absolute atomic E-state index is 1.03. The lowest BCUT2D eigenvalue weighted by Crippen LogP contribution is -1.67. The number of aromatic nitrogens is 2. The third kappa shape index (κ3) is 3.01. The van der Waals surface area contributed by atoms with Crippen molar-refractivity contribution in [2.24, 2.45) is 0 Å². The maximum atomic E-state index is 4.88.